The molecule has 1 amide bonds. The van der Waals surface area contributed by atoms with E-state index in [0.29, 0.717) is 17.9 Å². The van der Waals surface area contributed by atoms with Gasteiger partial charge in [-0.2, -0.15) is 0 Å². The van der Waals surface area contributed by atoms with Crippen molar-refractivity contribution in [2.45, 2.75) is 6.42 Å². The van der Waals surface area contributed by atoms with Crippen LogP contribution in [0.25, 0.3) is 10.8 Å². The molecule has 0 saturated heterocycles. The van der Waals surface area contributed by atoms with Crippen molar-refractivity contribution in [1.82, 2.24) is 4.98 Å². The van der Waals surface area contributed by atoms with E-state index in [1.807, 2.05) is 41.3 Å². The predicted molar refractivity (Wildman–Crippen MR) is 88.0 cm³/mol. The molecule has 2 heterocycles. The summed E-state index contributed by atoms with van der Waals surface area (Å²) in [6.45, 7) is 0.700. The second-order valence-electron chi connectivity index (χ2n) is 5.48. The minimum atomic E-state index is -0.0553. The number of aromatic nitrogens is 1. The monoisotopic (exact) mass is 289 g/mol. The molecule has 0 bridgehead atoms. The predicted octanol–water partition coefficient (Wildman–Crippen LogP) is 3.02. The summed E-state index contributed by atoms with van der Waals surface area (Å²) in [4.78, 5) is 19.1. The van der Waals surface area contributed by atoms with Crippen molar-refractivity contribution in [3.63, 3.8) is 0 Å². The van der Waals surface area contributed by atoms with Crippen LogP contribution in [0.4, 0.5) is 11.4 Å². The quantitative estimate of drug-likeness (QED) is 0.700. The van der Waals surface area contributed by atoms with Crippen molar-refractivity contribution in [3.8, 4) is 0 Å². The van der Waals surface area contributed by atoms with E-state index in [0.717, 1.165) is 22.9 Å². The van der Waals surface area contributed by atoms with Gasteiger partial charge in [-0.1, -0.05) is 18.2 Å². The SMILES string of the molecule is Nc1ccc2c(C(=O)N3CCc4ccccc43)nccc2c1. The summed E-state index contributed by atoms with van der Waals surface area (Å²) in [7, 11) is 0. The lowest BCUT2D eigenvalue weighted by atomic mass is 10.1. The lowest BCUT2D eigenvalue weighted by molar-refractivity contribution is 0.0986. The van der Waals surface area contributed by atoms with E-state index in [1.165, 1.54) is 5.56 Å². The molecule has 1 aliphatic heterocycles. The fourth-order valence-corrected chi connectivity index (χ4v) is 3.04. The van der Waals surface area contributed by atoms with Crippen LogP contribution in [0.15, 0.2) is 54.7 Å². The van der Waals surface area contributed by atoms with E-state index in [2.05, 4.69) is 11.1 Å². The molecule has 1 aromatic heterocycles. The van der Waals surface area contributed by atoms with Crippen LogP contribution in [0, 0.1) is 0 Å². The van der Waals surface area contributed by atoms with Gasteiger partial charge in [-0.3, -0.25) is 9.78 Å². The lowest BCUT2D eigenvalue weighted by Gasteiger charge is -2.17. The maximum atomic E-state index is 12.9. The van der Waals surface area contributed by atoms with Gasteiger partial charge in [-0.25, -0.2) is 0 Å². The number of para-hydroxylation sites is 1. The topological polar surface area (TPSA) is 59.2 Å². The van der Waals surface area contributed by atoms with E-state index >= 15 is 0 Å². The molecular weight excluding hydrogens is 274 g/mol. The summed E-state index contributed by atoms with van der Waals surface area (Å²) in [6, 6.07) is 15.4. The first-order chi connectivity index (χ1) is 10.7. The molecule has 2 N–H and O–H groups in total. The molecule has 22 heavy (non-hydrogen) atoms. The number of rotatable bonds is 1. The number of fused-ring (bicyclic) bond motifs is 2. The van der Waals surface area contributed by atoms with Gasteiger partial charge in [0.05, 0.1) is 0 Å². The molecule has 0 unspecified atom stereocenters. The number of nitrogens with two attached hydrogens (primary N) is 1. The lowest BCUT2D eigenvalue weighted by Crippen LogP contribution is -2.29. The number of nitrogen functional groups attached to an aromatic ring is 1. The molecule has 4 rings (SSSR count). The van der Waals surface area contributed by atoms with Gasteiger partial charge in [-0.15, -0.1) is 0 Å². The van der Waals surface area contributed by atoms with Gasteiger partial charge in [0, 0.05) is 29.5 Å². The van der Waals surface area contributed by atoms with Crippen molar-refractivity contribution in [2.24, 2.45) is 0 Å². The molecule has 0 atom stereocenters. The van der Waals surface area contributed by atoms with Crippen molar-refractivity contribution >= 4 is 28.1 Å². The number of carbonyl (C=O) groups is 1. The van der Waals surface area contributed by atoms with Crippen LogP contribution in [0.5, 0.6) is 0 Å². The molecule has 0 fully saturated rings. The van der Waals surface area contributed by atoms with Gasteiger partial charge in [0.2, 0.25) is 0 Å². The fourth-order valence-electron chi connectivity index (χ4n) is 3.04. The van der Waals surface area contributed by atoms with Gasteiger partial charge in [-0.05, 0) is 47.7 Å². The highest BCUT2D eigenvalue weighted by atomic mass is 16.2. The minimum absolute atomic E-state index is 0.0553. The molecule has 0 radical (unpaired) electrons. The Balaban J connectivity index is 1.82. The molecule has 3 aromatic rings. The summed E-state index contributed by atoms with van der Waals surface area (Å²) >= 11 is 0. The number of pyridine rings is 1. The highest BCUT2D eigenvalue weighted by Crippen LogP contribution is 2.30. The number of benzene rings is 2. The van der Waals surface area contributed by atoms with Crippen LogP contribution in [0.2, 0.25) is 0 Å². The van der Waals surface area contributed by atoms with Crippen LogP contribution in [-0.4, -0.2) is 17.4 Å². The third-order valence-electron chi connectivity index (χ3n) is 4.12. The fraction of sp³-hybridized carbons (Fsp3) is 0.111. The number of nitrogens with zero attached hydrogens (tertiary/aromatic N) is 2. The van der Waals surface area contributed by atoms with Crippen molar-refractivity contribution < 1.29 is 4.79 Å². The van der Waals surface area contributed by atoms with Crippen molar-refractivity contribution in [2.75, 3.05) is 17.2 Å². The summed E-state index contributed by atoms with van der Waals surface area (Å²) in [5.74, 6) is -0.0553. The van der Waals surface area contributed by atoms with Crippen LogP contribution in [0.1, 0.15) is 16.1 Å². The first-order valence-corrected chi connectivity index (χ1v) is 7.28. The largest absolute Gasteiger partial charge is 0.399 e. The van der Waals surface area contributed by atoms with Gasteiger partial charge in [0.15, 0.2) is 0 Å². The molecule has 2 aromatic carbocycles. The number of hydrogen-bond acceptors (Lipinski definition) is 3. The van der Waals surface area contributed by atoms with Gasteiger partial charge in [0.25, 0.3) is 5.91 Å². The van der Waals surface area contributed by atoms with Gasteiger partial charge < -0.3 is 10.6 Å². The van der Waals surface area contributed by atoms with Crippen molar-refractivity contribution in [3.05, 3.63) is 66.0 Å². The summed E-state index contributed by atoms with van der Waals surface area (Å²) in [5, 5.41) is 1.77. The van der Waals surface area contributed by atoms with Gasteiger partial charge >= 0.3 is 0 Å². The summed E-state index contributed by atoms with van der Waals surface area (Å²) in [6.07, 6.45) is 2.55. The Morgan fingerprint density at radius 1 is 1.14 bits per heavy atom. The normalized spacial score (nSPS) is 13.4. The summed E-state index contributed by atoms with van der Waals surface area (Å²) < 4.78 is 0. The average molecular weight is 289 g/mol. The molecule has 0 saturated carbocycles. The second-order valence-corrected chi connectivity index (χ2v) is 5.48. The Morgan fingerprint density at radius 2 is 2.00 bits per heavy atom. The van der Waals surface area contributed by atoms with Crippen molar-refractivity contribution in [1.29, 1.82) is 0 Å². The zero-order chi connectivity index (χ0) is 15.1. The maximum absolute atomic E-state index is 12.9. The van der Waals surface area contributed by atoms with Gasteiger partial charge in [0.1, 0.15) is 5.69 Å². The highest BCUT2D eigenvalue weighted by molar-refractivity contribution is 6.13. The summed E-state index contributed by atoms with van der Waals surface area (Å²) in [5.41, 5.74) is 9.18. The van der Waals surface area contributed by atoms with Crippen LogP contribution in [-0.2, 0) is 6.42 Å². The standard InChI is InChI=1S/C18H15N3O/c19-14-5-6-15-13(11-14)7-9-20-17(15)18(22)21-10-8-12-3-1-2-4-16(12)21/h1-7,9,11H,8,10,19H2. The molecular formula is C18H15N3O. The smallest absolute Gasteiger partial charge is 0.277 e. The molecule has 1 aliphatic rings. The van der Waals surface area contributed by atoms with E-state index in [-0.39, 0.29) is 5.91 Å². The molecule has 108 valence electrons. The molecule has 0 spiro atoms. The molecule has 4 nitrogen and oxygen atoms in total. The second kappa shape index (κ2) is 4.84. The van der Waals surface area contributed by atoms with E-state index in [1.54, 1.807) is 12.3 Å². The Bertz CT molecular complexity index is 888. The zero-order valence-corrected chi connectivity index (χ0v) is 12.0. The van der Waals surface area contributed by atoms with E-state index in [4.69, 9.17) is 5.73 Å². The van der Waals surface area contributed by atoms with Crippen LogP contribution < -0.4 is 10.6 Å². The first-order valence-electron chi connectivity index (χ1n) is 7.28. The third kappa shape index (κ3) is 1.92. The van der Waals surface area contributed by atoms with E-state index in [9.17, 15) is 4.79 Å². The first kappa shape index (κ1) is 12.8. The maximum Gasteiger partial charge on any atom is 0.277 e. The number of carbonyl (C=O) groups excluding carboxylic acids is 1. The Kier molecular flexibility index (Phi) is 2.82. The third-order valence-corrected chi connectivity index (χ3v) is 4.12. The number of hydrogen-bond donors (Lipinski definition) is 1. The Morgan fingerprint density at radius 3 is 2.91 bits per heavy atom. The molecule has 4 heteroatoms. The average Bonchev–Trinajstić information content (AvgIpc) is 2.97. The van der Waals surface area contributed by atoms with Crippen LogP contribution in [0.3, 0.4) is 0 Å². The van der Waals surface area contributed by atoms with E-state index < -0.39 is 0 Å². The Labute approximate surface area is 128 Å². The van der Waals surface area contributed by atoms with Crippen LogP contribution >= 0.6 is 0 Å². The highest BCUT2D eigenvalue weighted by Gasteiger charge is 2.26. The zero-order valence-electron chi connectivity index (χ0n) is 12.0. The number of anilines is 2. The molecule has 0 aliphatic carbocycles. The minimum Gasteiger partial charge on any atom is -0.399 e. The Hall–Kier alpha value is -2.88. The number of amides is 1.